The van der Waals surface area contributed by atoms with E-state index in [1.165, 1.54) is 6.92 Å². The van der Waals surface area contributed by atoms with Crippen LogP contribution >= 0.6 is 11.6 Å². The number of carbonyl (C=O) groups excluding carboxylic acids is 2. The summed E-state index contributed by atoms with van der Waals surface area (Å²) in [6.45, 7) is 8.64. The topological polar surface area (TPSA) is 43.9 Å². The molecule has 0 saturated carbocycles. The Morgan fingerprint density at radius 3 is 2.50 bits per heavy atom. The van der Waals surface area contributed by atoms with Gasteiger partial charge in [0.1, 0.15) is 0 Å². The van der Waals surface area contributed by atoms with Gasteiger partial charge in [0.2, 0.25) is 11.8 Å². The standard InChI is InChI=1S/C18H26ClN3O2/c1-3-20-9-11-21(12-10-20)18(24)14-22(15(2)23)8-7-16-5-4-6-17(19)13-16/h4-6,13H,3,7-12,14H2,1-2H3. The second-order valence-electron chi connectivity index (χ2n) is 6.14. The minimum Gasteiger partial charge on any atom is -0.339 e. The number of piperazine rings is 1. The van der Waals surface area contributed by atoms with Crippen LogP contribution in [-0.4, -0.2) is 72.3 Å². The molecule has 0 atom stereocenters. The molecule has 132 valence electrons. The number of hydrogen-bond donors (Lipinski definition) is 0. The summed E-state index contributed by atoms with van der Waals surface area (Å²) in [6, 6.07) is 7.60. The van der Waals surface area contributed by atoms with Crippen molar-refractivity contribution < 1.29 is 9.59 Å². The number of hydrogen-bond acceptors (Lipinski definition) is 3. The van der Waals surface area contributed by atoms with E-state index in [2.05, 4.69) is 11.8 Å². The average Bonchev–Trinajstić information content (AvgIpc) is 2.58. The minimum absolute atomic E-state index is 0.0343. The van der Waals surface area contributed by atoms with Gasteiger partial charge < -0.3 is 14.7 Å². The molecular formula is C18H26ClN3O2. The highest BCUT2D eigenvalue weighted by molar-refractivity contribution is 6.30. The van der Waals surface area contributed by atoms with E-state index in [0.717, 1.165) is 38.3 Å². The van der Waals surface area contributed by atoms with E-state index >= 15 is 0 Å². The molecule has 1 aliphatic rings. The van der Waals surface area contributed by atoms with Crippen LogP contribution in [0, 0.1) is 0 Å². The molecule has 0 aromatic heterocycles. The van der Waals surface area contributed by atoms with Crippen LogP contribution in [0.5, 0.6) is 0 Å². The Kier molecular flexibility index (Phi) is 7.06. The van der Waals surface area contributed by atoms with Gasteiger partial charge in [0.15, 0.2) is 0 Å². The predicted molar refractivity (Wildman–Crippen MR) is 96.1 cm³/mol. The van der Waals surface area contributed by atoms with Crippen molar-refractivity contribution in [2.24, 2.45) is 0 Å². The van der Waals surface area contributed by atoms with Crippen LogP contribution in [0.3, 0.4) is 0 Å². The summed E-state index contributed by atoms with van der Waals surface area (Å²) in [4.78, 5) is 30.1. The van der Waals surface area contributed by atoms with Gasteiger partial charge in [0, 0.05) is 44.7 Å². The molecule has 0 N–H and O–H groups in total. The first-order valence-electron chi connectivity index (χ1n) is 8.49. The summed E-state index contributed by atoms with van der Waals surface area (Å²) in [7, 11) is 0. The van der Waals surface area contributed by atoms with Gasteiger partial charge in [-0.1, -0.05) is 30.7 Å². The number of nitrogens with zero attached hydrogens (tertiary/aromatic N) is 3. The maximum atomic E-state index is 12.5. The zero-order valence-corrected chi connectivity index (χ0v) is 15.3. The maximum absolute atomic E-state index is 12.5. The van der Waals surface area contributed by atoms with Crippen LogP contribution in [0.4, 0.5) is 0 Å². The number of benzene rings is 1. The lowest BCUT2D eigenvalue weighted by molar-refractivity contribution is -0.140. The van der Waals surface area contributed by atoms with E-state index in [4.69, 9.17) is 11.6 Å². The molecular weight excluding hydrogens is 326 g/mol. The van der Waals surface area contributed by atoms with Gasteiger partial charge >= 0.3 is 0 Å². The molecule has 24 heavy (non-hydrogen) atoms. The first kappa shape index (κ1) is 18.7. The maximum Gasteiger partial charge on any atom is 0.242 e. The molecule has 1 aromatic rings. The number of halogens is 1. The fourth-order valence-electron chi connectivity index (χ4n) is 2.88. The second kappa shape index (κ2) is 9.04. The molecule has 0 bridgehead atoms. The molecule has 1 saturated heterocycles. The number of amides is 2. The summed E-state index contributed by atoms with van der Waals surface area (Å²) in [6.07, 6.45) is 0.692. The number of likely N-dealkylation sites (N-methyl/N-ethyl adjacent to an activating group) is 1. The van der Waals surface area contributed by atoms with Crippen LogP contribution in [0.1, 0.15) is 19.4 Å². The lowest BCUT2D eigenvalue weighted by Gasteiger charge is -2.35. The van der Waals surface area contributed by atoms with Crippen molar-refractivity contribution in [3.8, 4) is 0 Å². The van der Waals surface area contributed by atoms with E-state index in [-0.39, 0.29) is 18.4 Å². The van der Waals surface area contributed by atoms with Gasteiger partial charge in [-0.05, 0) is 30.7 Å². The molecule has 1 fully saturated rings. The molecule has 1 aromatic carbocycles. The number of carbonyl (C=O) groups is 2. The number of rotatable bonds is 6. The molecule has 1 aliphatic heterocycles. The highest BCUT2D eigenvalue weighted by Gasteiger charge is 2.22. The van der Waals surface area contributed by atoms with Gasteiger partial charge in [-0.25, -0.2) is 0 Å². The summed E-state index contributed by atoms with van der Waals surface area (Å²) < 4.78 is 0. The first-order valence-corrected chi connectivity index (χ1v) is 8.87. The first-order chi connectivity index (χ1) is 11.5. The quantitative estimate of drug-likeness (QED) is 0.786. The highest BCUT2D eigenvalue weighted by Crippen LogP contribution is 2.12. The lowest BCUT2D eigenvalue weighted by atomic mass is 10.1. The summed E-state index contributed by atoms with van der Waals surface area (Å²) in [5, 5.41) is 0.687. The average molecular weight is 352 g/mol. The zero-order chi connectivity index (χ0) is 17.5. The van der Waals surface area contributed by atoms with Crippen LogP contribution in [-0.2, 0) is 16.0 Å². The molecule has 2 rings (SSSR count). The monoisotopic (exact) mass is 351 g/mol. The predicted octanol–water partition coefficient (Wildman–Crippen LogP) is 1.90. The van der Waals surface area contributed by atoms with Crippen molar-refractivity contribution in [3.05, 3.63) is 34.9 Å². The fourth-order valence-corrected chi connectivity index (χ4v) is 3.09. The van der Waals surface area contributed by atoms with Gasteiger partial charge in [-0.15, -0.1) is 0 Å². The van der Waals surface area contributed by atoms with E-state index in [1.54, 1.807) is 4.90 Å². The van der Waals surface area contributed by atoms with Crippen LogP contribution in [0.25, 0.3) is 0 Å². The Hall–Kier alpha value is -1.59. The Morgan fingerprint density at radius 2 is 1.92 bits per heavy atom. The third-order valence-corrected chi connectivity index (χ3v) is 4.74. The van der Waals surface area contributed by atoms with E-state index < -0.39 is 0 Å². The van der Waals surface area contributed by atoms with Crippen molar-refractivity contribution in [2.45, 2.75) is 20.3 Å². The van der Waals surface area contributed by atoms with Crippen molar-refractivity contribution >= 4 is 23.4 Å². The van der Waals surface area contributed by atoms with Gasteiger partial charge in [0.05, 0.1) is 6.54 Å². The van der Waals surface area contributed by atoms with Crippen molar-refractivity contribution in [3.63, 3.8) is 0 Å². The summed E-state index contributed by atoms with van der Waals surface area (Å²) >= 11 is 5.99. The van der Waals surface area contributed by atoms with Gasteiger partial charge in [0.25, 0.3) is 0 Å². The molecule has 2 amide bonds. The van der Waals surface area contributed by atoms with Crippen LogP contribution in [0.2, 0.25) is 5.02 Å². The van der Waals surface area contributed by atoms with Crippen LogP contribution in [0.15, 0.2) is 24.3 Å². The molecule has 0 radical (unpaired) electrons. The molecule has 6 heteroatoms. The van der Waals surface area contributed by atoms with Crippen molar-refractivity contribution in [2.75, 3.05) is 45.8 Å². The van der Waals surface area contributed by atoms with E-state index in [1.807, 2.05) is 29.2 Å². The summed E-state index contributed by atoms with van der Waals surface area (Å²) in [5.74, 6) is -0.0374. The normalized spacial score (nSPS) is 15.4. The highest BCUT2D eigenvalue weighted by atomic mass is 35.5. The third kappa shape index (κ3) is 5.49. The van der Waals surface area contributed by atoms with Crippen LogP contribution < -0.4 is 0 Å². The Labute approximate surface area is 149 Å². The van der Waals surface area contributed by atoms with Gasteiger partial charge in [-0.2, -0.15) is 0 Å². The Morgan fingerprint density at radius 1 is 1.21 bits per heavy atom. The summed E-state index contributed by atoms with van der Waals surface area (Å²) in [5.41, 5.74) is 1.07. The second-order valence-corrected chi connectivity index (χ2v) is 6.57. The molecule has 0 aliphatic carbocycles. The molecule has 0 spiro atoms. The van der Waals surface area contributed by atoms with E-state index in [9.17, 15) is 9.59 Å². The van der Waals surface area contributed by atoms with E-state index in [0.29, 0.717) is 18.0 Å². The third-order valence-electron chi connectivity index (χ3n) is 4.50. The lowest BCUT2D eigenvalue weighted by Crippen LogP contribution is -2.51. The minimum atomic E-state index is -0.0717. The van der Waals surface area contributed by atoms with Crippen molar-refractivity contribution in [1.29, 1.82) is 0 Å². The Balaban J connectivity index is 1.86. The van der Waals surface area contributed by atoms with Crippen molar-refractivity contribution in [1.82, 2.24) is 14.7 Å². The zero-order valence-electron chi connectivity index (χ0n) is 14.5. The largest absolute Gasteiger partial charge is 0.339 e. The SMILES string of the molecule is CCN1CCN(C(=O)CN(CCc2cccc(Cl)c2)C(C)=O)CC1. The smallest absolute Gasteiger partial charge is 0.242 e. The fraction of sp³-hybridized carbons (Fsp3) is 0.556. The van der Waals surface area contributed by atoms with Gasteiger partial charge in [-0.3, -0.25) is 9.59 Å². The molecule has 0 unspecified atom stereocenters. The molecule has 1 heterocycles. The Bertz CT molecular complexity index is 571. The molecule has 5 nitrogen and oxygen atoms in total.